The summed E-state index contributed by atoms with van der Waals surface area (Å²) < 4.78 is 32.0. The van der Waals surface area contributed by atoms with E-state index >= 15 is 0 Å². The third kappa shape index (κ3) is 3.88. The van der Waals surface area contributed by atoms with Crippen LogP contribution in [0.25, 0.3) is 0 Å². The molecule has 0 aliphatic rings. The monoisotopic (exact) mass is 305 g/mol. The van der Waals surface area contributed by atoms with Crippen LogP contribution in [0.3, 0.4) is 0 Å². The van der Waals surface area contributed by atoms with E-state index < -0.39 is 24.3 Å². The Balaban J connectivity index is 2.14. The Morgan fingerprint density at radius 3 is 2.55 bits per heavy atom. The van der Waals surface area contributed by atoms with Gasteiger partial charge in [0.25, 0.3) is 0 Å². The molecule has 0 saturated heterocycles. The number of hydrogen-bond acceptors (Lipinski definition) is 3. The predicted molar refractivity (Wildman–Crippen MR) is 76.4 cm³/mol. The lowest BCUT2D eigenvalue weighted by Crippen LogP contribution is -2.34. The Labute approximate surface area is 125 Å². The second-order valence-corrected chi connectivity index (χ2v) is 4.41. The van der Waals surface area contributed by atoms with E-state index in [9.17, 15) is 18.4 Å². The van der Waals surface area contributed by atoms with E-state index in [0.29, 0.717) is 6.29 Å². The summed E-state index contributed by atoms with van der Waals surface area (Å²) in [6.07, 6.45) is -0.519. The van der Waals surface area contributed by atoms with Crippen LogP contribution in [0.5, 0.6) is 0 Å². The molecule has 0 heterocycles. The van der Waals surface area contributed by atoms with E-state index in [-0.39, 0.29) is 12.3 Å². The number of benzene rings is 2. The third-order valence-corrected chi connectivity index (χ3v) is 2.88. The lowest BCUT2D eigenvalue weighted by Gasteiger charge is -2.20. The van der Waals surface area contributed by atoms with Gasteiger partial charge in [-0.05, 0) is 17.7 Å². The number of carbonyl (C=O) groups is 2. The average molecular weight is 305 g/mol. The van der Waals surface area contributed by atoms with Crippen LogP contribution in [-0.4, -0.2) is 18.9 Å². The first-order chi connectivity index (χ1) is 10.6. The molecule has 0 bridgehead atoms. The highest BCUT2D eigenvalue weighted by molar-refractivity contribution is 5.90. The van der Waals surface area contributed by atoms with Crippen molar-refractivity contribution in [2.75, 3.05) is 11.4 Å². The minimum absolute atomic E-state index is 0.0357. The Morgan fingerprint density at radius 1 is 1.14 bits per heavy atom. The zero-order valence-electron chi connectivity index (χ0n) is 11.5. The number of amides is 1. The maximum absolute atomic E-state index is 13.7. The number of halogens is 2. The molecular formula is C16H13F2NO3. The molecular weight excluding hydrogens is 292 g/mol. The van der Waals surface area contributed by atoms with Gasteiger partial charge >= 0.3 is 6.09 Å². The molecule has 4 nitrogen and oxygen atoms in total. The molecule has 0 aliphatic heterocycles. The lowest BCUT2D eigenvalue weighted by atomic mass is 10.2. The molecule has 2 aromatic rings. The average Bonchev–Trinajstić information content (AvgIpc) is 2.54. The van der Waals surface area contributed by atoms with Crippen molar-refractivity contribution in [3.63, 3.8) is 0 Å². The molecule has 0 N–H and O–H groups in total. The number of nitrogens with zero attached hydrogens (tertiary/aromatic N) is 1. The van der Waals surface area contributed by atoms with Crippen molar-refractivity contribution in [2.24, 2.45) is 0 Å². The number of hydrogen-bond donors (Lipinski definition) is 0. The van der Waals surface area contributed by atoms with Crippen LogP contribution in [0.2, 0.25) is 0 Å². The fraction of sp³-hybridized carbons (Fsp3) is 0.125. The summed E-state index contributed by atoms with van der Waals surface area (Å²) in [4.78, 5) is 23.5. The van der Waals surface area contributed by atoms with E-state index in [1.165, 1.54) is 0 Å². The fourth-order valence-corrected chi connectivity index (χ4v) is 1.84. The quantitative estimate of drug-likeness (QED) is 0.796. The molecule has 1 amide bonds. The molecule has 0 atom stereocenters. The van der Waals surface area contributed by atoms with Gasteiger partial charge in [-0.1, -0.05) is 30.3 Å². The minimum atomic E-state index is -0.930. The van der Waals surface area contributed by atoms with Crippen molar-refractivity contribution in [3.05, 3.63) is 65.7 Å². The van der Waals surface area contributed by atoms with E-state index in [0.717, 1.165) is 28.7 Å². The zero-order valence-corrected chi connectivity index (χ0v) is 11.5. The molecule has 0 aliphatic carbocycles. The van der Waals surface area contributed by atoms with E-state index in [1.54, 1.807) is 24.3 Å². The van der Waals surface area contributed by atoms with Crippen molar-refractivity contribution in [1.82, 2.24) is 0 Å². The second kappa shape index (κ2) is 7.31. The molecule has 6 heteroatoms. The van der Waals surface area contributed by atoms with Crippen LogP contribution < -0.4 is 4.90 Å². The molecule has 0 fully saturated rings. The van der Waals surface area contributed by atoms with Gasteiger partial charge in [0.05, 0.1) is 12.2 Å². The van der Waals surface area contributed by atoms with Crippen LogP contribution in [0.4, 0.5) is 19.3 Å². The van der Waals surface area contributed by atoms with Crippen molar-refractivity contribution >= 4 is 18.1 Å². The highest BCUT2D eigenvalue weighted by Gasteiger charge is 2.21. The molecule has 114 valence electrons. The van der Waals surface area contributed by atoms with Gasteiger partial charge in [0.2, 0.25) is 0 Å². The number of rotatable bonds is 5. The lowest BCUT2D eigenvalue weighted by molar-refractivity contribution is -0.106. The van der Waals surface area contributed by atoms with Gasteiger partial charge in [0, 0.05) is 6.07 Å². The summed E-state index contributed by atoms with van der Waals surface area (Å²) in [5.74, 6) is -1.54. The summed E-state index contributed by atoms with van der Waals surface area (Å²) in [6, 6.07) is 11.5. The van der Waals surface area contributed by atoms with E-state index in [4.69, 9.17) is 4.74 Å². The van der Waals surface area contributed by atoms with Crippen molar-refractivity contribution in [3.8, 4) is 0 Å². The first-order valence-corrected chi connectivity index (χ1v) is 6.48. The SMILES string of the molecule is O=CCN(C(=O)OCc1ccccc1)c1cc(F)ccc1F. The van der Waals surface area contributed by atoms with Crippen molar-refractivity contribution < 1.29 is 23.1 Å². The maximum Gasteiger partial charge on any atom is 0.415 e. The standard InChI is InChI=1S/C16H13F2NO3/c17-13-6-7-14(18)15(10-13)19(8-9-20)16(21)22-11-12-4-2-1-3-5-12/h1-7,9-10H,8,11H2. The first-order valence-electron chi connectivity index (χ1n) is 6.48. The second-order valence-electron chi connectivity index (χ2n) is 4.41. The topological polar surface area (TPSA) is 46.6 Å². The van der Waals surface area contributed by atoms with Gasteiger partial charge in [-0.3, -0.25) is 4.90 Å². The fourth-order valence-electron chi connectivity index (χ4n) is 1.84. The number of aldehydes is 1. The largest absolute Gasteiger partial charge is 0.444 e. The van der Waals surface area contributed by atoms with E-state index in [1.807, 2.05) is 6.07 Å². The van der Waals surface area contributed by atoms with Crippen molar-refractivity contribution in [1.29, 1.82) is 0 Å². The normalized spacial score (nSPS) is 10.1. The predicted octanol–water partition coefficient (Wildman–Crippen LogP) is 3.31. The summed E-state index contributed by atoms with van der Waals surface area (Å²) >= 11 is 0. The molecule has 0 aromatic heterocycles. The molecule has 2 aromatic carbocycles. The van der Waals surface area contributed by atoms with Crippen LogP contribution in [-0.2, 0) is 16.1 Å². The molecule has 2 rings (SSSR count). The van der Waals surface area contributed by atoms with Crippen LogP contribution in [0, 0.1) is 11.6 Å². The summed E-state index contributed by atoms with van der Waals surface area (Å²) in [5, 5.41) is 0. The van der Waals surface area contributed by atoms with Crippen LogP contribution in [0.1, 0.15) is 5.56 Å². The Morgan fingerprint density at radius 2 is 1.86 bits per heavy atom. The van der Waals surface area contributed by atoms with Gasteiger partial charge < -0.3 is 9.53 Å². The van der Waals surface area contributed by atoms with E-state index in [2.05, 4.69) is 0 Å². The zero-order chi connectivity index (χ0) is 15.9. The number of carbonyl (C=O) groups excluding carboxylic acids is 2. The number of ether oxygens (including phenoxy) is 1. The Bertz CT molecular complexity index is 662. The van der Waals surface area contributed by atoms with Gasteiger partial charge in [-0.15, -0.1) is 0 Å². The highest BCUT2D eigenvalue weighted by Crippen LogP contribution is 2.21. The van der Waals surface area contributed by atoms with Gasteiger partial charge in [0.15, 0.2) is 0 Å². The Hall–Kier alpha value is -2.76. The number of anilines is 1. The smallest absolute Gasteiger partial charge is 0.415 e. The highest BCUT2D eigenvalue weighted by atomic mass is 19.1. The minimum Gasteiger partial charge on any atom is -0.444 e. The maximum atomic E-state index is 13.7. The molecule has 0 spiro atoms. The molecule has 0 saturated carbocycles. The Kier molecular flexibility index (Phi) is 5.19. The van der Waals surface area contributed by atoms with Crippen molar-refractivity contribution in [2.45, 2.75) is 6.61 Å². The molecule has 22 heavy (non-hydrogen) atoms. The van der Waals surface area contributed by atoms with Crippen LogP contribution >= 0.6 is 0 Å². The van der Waals surface area contributed by atoms with Crippen LogP contribution in [0.15, 0.2) is 48.5 Å². The summed E-state index contributed by atoms with van der Waals surface area (Å²) in [6.45, 7) is -0.472. The first kappa shape index (κ1) is 15.6. The third-order valence-electron chi connectivity index (χ3n) is 2.88. The summed E-state index contributed by atoms with van der Waals surface area (Å²) in [5.41, 5.74) is 0.395. The van der Waals surface area contributed by atoms with Gasteiger partial charge in [0.1, 0.15) is 24.5 Å². The van der Waals surface area contributed by atoms with Gasteiger partial charge in [-0.25, -0.2) is 13.6 Å². The molecule has 0 radical (unpaired) electrons. The summed E-state index contributed by atoms with van der Waals surface area (Å²) in [7, 11) is 0. The molecule has 0 unspecified atom stereocenters. The van der Waals surface area contributed by atoms with Gasteiger partial charge in [-0.2, -0.15) is 0 Å².